The lowest BCUT2D eigenvalue weighted by atomic mass is 10.1. The Labute approximate surface area is 79.8 Å². The number of aromatic nitrogens is 2. The van der Waals surface area contributed by atoms with Crippen LogP contribution >= 0.6 is 0 Å². The first-order valence-corrected chi connectivity index (χ1v) is 4.04. The molecule has 6 heteroatoms. The lowest BCUT2D eigenvalue weighted by Crippen LogP contribution is -2.34. The second-order valence-corrected chi connectivity index (χ2v) is 2.97. The van der Waals surface area contributed by atoms with Crippen molar-refractivity contribution in [3.8, 4) is 0 Å². The summed E-state index contributed by atoms with van der Waals surface area (Å²) in [5.41, 5.74) is 5.22. The molecule has 0 aliphatic rings. The van der Waals surface area contributed by atoms with Crippen molar-refractivity contribution in [1.29, 1.82) is 0 Å². The van der Waals surface area contributed by atoms with Crippen LogP contribution < -0.4 is 11.3 Å². The molecule has 4 N–H and O–H groups in total. The van der Waals surface area contributed by atoms with Crippen LogP contribution in [0.4, 0.5) is 0 Å². The minimum atomic E-state index is -1.13. The van der Waals surface area contributed by atoms with Crippen molar-refractivity contribution in [1.82, 2.24) is 9.97 Å². The smallest absolute Gasteiger partial charge is 0.320 e. The second-order valence-electron chi connectivity index (χ2n) is 2.97. The van der Waals surface area contributed by atoms with Crippen molar-refractivity contribution < 1.29 is 9.90 Å². The van der Waals surface area contributed by atoms with Crippen LogP contribution in [0, 0.1) is 6.92 Å². The molecule has 14 heavy (non-hydrogen) atoms. The van der Waals surface area contributed by atoms with Gasteiger partial charge < -0.3 is 15.8 Å². The van der Waals surface area contributed by atoms with Crippen LogP contribution in [0.3, 0.4) is 0 Å². The zero-order valence-electron chi connectivity index (χ0n) is 7.65. The van der Waals surface area contributed by atoms with E-state index < -0.39 is 12.0 Å². The third-order valence-corrected chi connectivity index (χ3v) is 1.76. The van der Waals surface area contributed by atoms with Crippen LogP contribution in [0.15, 0.2) is 11.0 Å². The van der Waals surface area contributed by atoms with Gasteiger partial charge in [0.2, 0.25) is 0 Å². The van der Waals surface area contributed by atoms with Gasteiger partial charge in [-0.2, -0.15) is 0 Å². The molecule has 1 aromatic heterocycles. The van der Waals surface area contributed by atoms with Crippen molar-refractivity contribution >= 4 is 5.97 Å². The van der Waals surface area contributed by atoms with Gasteiger partial charge in [-0.15, -0.1) is 0 Å². The van der Waals surface area contributed by atoms with Gasteiger partial charge in [-0.3, -0.25) is 9.59 Å². The lowest BCUT2D eigenvalue weighted by molar-refractivity contribution is -0.138. The molecule has 0 saturated heterocycles. The van der Waals surface area contributed by atoms with E-state index in [9.17, 15) is 9.59 Å². The Morgan fingerprint density at radius 3 is 2.93 bits per heavy atom. The summed E-state index contributed by atoms with van der Waals surface area (Å²) in [6.07, 6.45) is 1.33. The van der Waals surface area contributed by atoms with Crippen LogP contribution in [0.2, 0.25) is 0 Å². The number of nitrogens with two attached hydrogens (primary N) is 1. The highest BCUT2D eigenvalue weighted by Crippen LogP contribution is 1.94. The molecule has 0 unspecified atom stereocenters. The summed E-state index contributed by atoms with van der Waals surface area (Å²) >= 11 is 0. The molecular weight excluding hydrogens is 186 g/mol. The van der Waals surface area contributed by atoms with E-state index in [2.05, 4.69) is 9.97 Å². The number of aromatic amines is 1. The molecule has 6 nitrogen and oxygen atoms in total. The molecular formula is C8H11N3O3. The first kappa shape index (κ1) is 10.4. The number of carbonyl (C=O) groups is 1. The van der Waals surface area contributed by atoms with E-state index in [1.54, 1.807) is 6.92 Å². The maximum atomic E-state index is 11.3. The first-order valence-electron chi connectivity index (χ1n) is 4.04. The fourth-order valence-electron chi connectivity index (χ4n) is 0.980. The Morgan fingerprint density at radius 2 is 2.43 bits per heavy atom. The summed E-state index contributed by atoms with van der Waals surface area (Å²) in [7, 11) is 0. The number of hydrogen-bond acceptors (Lipinski definition) is 4. The molecule has 0 aliphatic carbocycles. The number of H-pyrrole nitrogens is 1. The lowest BCUT2D eigenvalue weighted by Gasteiger charge is -2.04. The summed E-state index contributed by atoms with van der Waals surface area (Å²) in [6.45, 7) is 1.64. The van der Waals surface area contributed by atoms with Gasteiger partial charge in [0.15, 0.2) is 0 Å². The topological polar surface area (TPSA) is 109 Å². The first-order chi connectivity index (χ1) is 6.50. The van der Waals surface area contributed by atoms with Crippen molar-refractivity contribution in [3.05, 3.63) is 27.9 Å². The molecule has 1 atom stereocenters. The van der Waals surface area contributed by atoms with Crippen molar-refractivity contribution in [3.63, 3.8) is 0 Å². The maximum Gasteiger partial charge on any atom is 0.320 e. The Kier molecular flexibility index (Phi) is 2.98. The molecule has 0 fully saturated rings. The molecule has 0 amide bonds. The molecule has 0 aromatic carbocycles. The van der Waals surface area contributed by atoms with E-state index >= 15 is 0 Å². The summed E-state index contributed by atoms with van der Waals surface area (Å²) in [5, 5.41) is 8.53. The monoisotopic (exact) mass is 197 g/mol. The Hall–Kier alpha value is -1.69. The number of carboxylic acid groups (broad SMARTS) is 1. The van der Waals surface area contributed by atoms with Crippen LogP contribution in [-0.4, -0.2) is 27.1 Å². The number of aryl methyl sites for hydroxylation is 1. The average molecular weight is 197 g/mol. The van der Waals surface area contributed by atoms with E-state index in [1.165, 1.54) is 6.20 Å². The molecule has 76 valence electrons. The molecule has 1 aromatic rings. The third-order valence-electron chi connectivity index (χ3n) is 1.76. The van der Waals surface area contributed by atoms with Crippen LogP contribution in [0.5, 0.6) is 0 Å². The highest BCUT2D eigenvalue weighted by atomic mass is 16.4. The molecule has 0 saturated carbocycles. The fourth-order valence-corrected chi connectivity index (χ4v) is 0.980. The van der Waals surface area contributed by atoms with Gasteiger partial charge in [0.25, 0.3) is 5.56 Å². The Bertz CT molecular complexity index is 399. The average Bonchev–Trinajstić information content (AvgIpc) is 2.09. The van der Waals surface area contributed by atoms with Gasteiger partial charge in [-0.05, 0) is 6.92 Å². The number of carboxylic acids is 1. The van der Waals surface area contributed by atoms with Gasteiger partial charge >= 0.3 is 5.97 Å². The fraction of sp³-hybridized carbons (Fsp3) is 0.375. The maximum absolute atomic E-state index is 11.3. The van der Waals surface area contributed by atoms with E-state index in [1.807, 2.05) is 0 Å². The van der Waals surface area contributed by atoms with Crippen LogP contribution in [0.25, 0.3) is 0 Å². The number of aliphatic carboxylic acids is 1. The molecule has 0 spiro atoms. The van der Waals surface area contributed by atoms with Crippen molar-refractivity contribution in [2.45, 2.75) is 19.4 Å². The van der Waals surface area contributed by atoms with Crippen LogP contribution in [0.1, 0.15) is 11.4 Å². The van der Waals surface area contributed by atoms with Crippen molar-refractivity contribution in [2.75, 3.05) is 0 Å². The highest BCUT2D eigenvalue weighted by Gasteiger charge is 2.14. The minimum Gasteiger partial charge on any atom is -0.480 e. The number of rotatable bonds is 3. The quantitative estimate of drug-likeness (QED) is 0.577. The van der Waals surface area contributed by atoms with Gasteiger partial charge in [0.1, 0.15) is 11.9 Å². The molecule has 1 rings (SSSR count). The molecule has 1 heterocycles. The van der Waals surface area contributed by atoms with Gasteiger partial charge in [-0.25, -0.2) is 4.98 Å². The van der Waals surface area contributed by atoms with Crippen LogP contribution in [-0.2, 0) is 11.2 Å². The summed E-state index contributed by atoms with van der Waals surface area (Å²) in [5.74, 6) is -0.646. The van der Waals surface area contributed by atoms with E-state index in [0.29, 0.717) is 5.82 Å². The molecule has 0 aliphatic heterocycles. The van der Waals surface area contributed by atoms with E-state index in [-0.39, 0.29) is 17.5 Å². The predicted octanol–water partition coefficient (Wildman–Crippen LogP) is -0.967. The standard InChI is InChI=1S/C8H11N3O3/c1-4-10-3-5(7(12)11-4)2-6(9)8(13)14/h3,6H,2,9H2,1H3,(H,13,14)(H,10,11,12)/t6-/m0/s1. The zero-order valence-corrected chi connectivity index (χ0v) is 7.65. The van der Waals surface area contributed by atoms with Crippen molar-refractivity contribution in [2.24, 2.45) is 5.73 Å². The molecule has 0 radical (unpaired) electrons. The summed E-state index contributed by atoms with van der Waals surface area (Å²) < 4.78 is 0. The minimum absolute atomic E-state index is 0.0159. The number of nitrogens with one attached hydrogen (secondary N) is 1. The third kappa shape index (κ3) is 2.40. The number of hydrogen-bond donors (Lipinski definition) is 3. The normalized spacial score (nSPS) is 12.4. The molecule has 0 bridgehead atoms. The Morgan fingerprint density at radius 1 is 1.79 bits per heavy atom. The van der Waals surface area contributed by atoms with Gasteiger partial charge in [0, 0.05) is 18.2 Å². The predicted molar refractivity (Wildman–Crippen MR) is 48.9 cm³/mol. The van der Waals surface area contributed by atoms with E-state index in [0.717, 1.165) is 0 Å². The van der Waals surface area contributed by atoms with E-state index in [4.69, 9.17) is 10.8 Å². The zero-order chi connectivity index (χ0) is 10.7. The van der Waals surface area contributed by atoms with Gasteiger partial charge in [0.05, 0.1) is 0 Å². The largest absolute Gasteiger partial charge is 0.480 e. The summed E-state index contributed by atoms with van der Waals surface area (Å²) in [4.78, 5) is 28.0. The Balaban J connectivity index is 2.88. The number of nitrogens with zero attached hydrogens (tertiary/aromatic N) is 1. The van der Waals surface area contributed by atoms with Gasteiger partial charge in [-0.1, -0.05) is 0 Å². The second kappa shape index (κ2) is 4.01. The highest BCUT2D eigenvalue weighted by molar-refractivity contribution is 5.73. The SMILES string of the molecule is Cc1ncc(C[C@H](N)C(=O)O)c(=O)[nH]1. The summed E-state index contributed by atoms with van der Waals surface area (Å²) in [6, 6.07) is -1.07.